The molecular weight excluding hydrogens is 273 g/mol. The van der Waals surface area contributed by atoms with Crippen molar-refractivity contribution in [3.63, 3.8) is 0 Å². The van der Waals surface area contributed by atoms with E-state index < -0.39 is 0 Å². The maximum absolute atomic E-state index is 6.07. The maximum Gasteiger partial charge on any atom is 0.0420 e. The summed E-state index contributed by atoms with van der Waals surface area (Å²) in [5.74, 6) is 0. The van der Waals surface area contributed by atoms with Crippen molar-refractivity contribution >= 4 is 27.5 Å². The molecule has 2 rings (SSSR count). The summed E-state index contributed by atoms with van der Waals surface area (Å²) in [7, 11) is 0. The molecule has 1 nitrogen and oxygen atoms in total. The van der Waals surface area contributed by atoms with Crippen molar-refractivity contribution in [1.82, 2.24) is 5.32 Å². The molecule has 0 fully saturated rings. The fourth-order valence-electron chi connectivity index (χ4n) is 2.22. The SMILES string of the molecule is CC(C)NC1CCc2c(Br)cc(Cl)cc21. The van der Waals surface area contributed by atoms with Gasteiger partial charge in [-0.1, -0.05) is 41.4 Å². The summed E-state index contributed by atoms with van der Waals surface area (Å²) in [6.45, 7) is 4.36. The molecule has 0 spiro atoms. The Morgan fingerprint density at radius 1 is 1.47 bits per heavy atom. The molecule has 82 valence electrons. The van der Waals surface area contributed by atoms with Crippen molar-refractivity contribution in [1.29, 1.82) is 0 Å². The Balaban J connectivity index is 2.33. The molecule has 1 aromatic carbocycles. The molecule has 1 N–H and O–H groups in total. The molecule has 0 heterocycles. The Hall–Kier alpha value is -0.0500. The molecule has 0 radical (unpaired) electrons. The van der Waals surface area contributed by atoms with Gasteiger partial charge in [0.1, 0.15) is 0 Å². The van der Waals surface area contributed by atoms with Crippen molar-refractivity contribution in [2.24, 2.45) is 0 Å². The molecule has 0 aliphatic heterocycles. The van der Waals surface area contributed by atoms with Crippen LogP contribution < -0.4 is 5.32 Å². The number of nitrogens with one attached hydrogen (secondary N) is 1. The van der Waals surface area contributed by atoms with Gasteiger partial charge >= 0.3 is 0 Å². The number of rotatable bonds is 2. The van der Waals surface area contributed by atoms with Crippen LogP contribution in [0.4, 0.5) is 0 Å². The predicted octanol–water partition coefficient (Wildman–Crippen LogP) is 4.09. The average Bonchev–Trinajstić information content (AvgIpc) is 2.48. The first-order valence-corrected chi connectivity index (χ1v) is 6.49. The smallest absolute Gasteiger partial charge is 0.0420 e. The minimum Gasteiger partial charge on any atom is -0.308 e. The van der Waals surface area contributed by atoms with Gasteiger partial charge in [0.25, 0.3) is 0 Å². The van der Waals surface area contributed by atoms with Crippen LogP contribution in [0.1, 0.15) is 37.4 Å². The largest absolute Gasteiger partial charge is 0.308 e. The Kier molecular flexibility index (Phi) is 3.39. The van der Waals surface area contributed by atoms with Gasteiger partial charge in [0.2, 0.25) is 0 Å². The molecule has 3 heteroatoms. The number of benzene rings is 1. The molecule has 1 aliphatic rings. The Morgan fingerprint density at radius 3 is 2.87 bits per heavy atom. The summed E-state index contributed by atoms with van der Waals surface area (Å²) in [5, 5.41) is 4.39. The van der Waals surface area contributed by atoms with Gasteiger partial charge in [-0.25, -0.2) is 0 Å². The molecule has 0 aromatic heterocycles. The standard InChI is InChI=1S/C12H15BrClN/c1-7(2)15-12-4-3-9-10(12)5-8(14)6-11(9)13/h5-7,12,15H,3-4H2,1-2H3. The van der Waals surface area contributed by atoms with E-state index in [2.05, 4.69) is 41.2 Å². The number of halogens is 2. The van der Waals surface area contributed by atoms with Crippen LogP contribution in [0.15, 0.2) is 16.6 Å². The van der Waals surface area contributed by atoms with Gasteiger partial charge in [0.15, 0.2) is 0 Å². The second-order valence-corrected chi connectivity index (χ2v) is 5.66. The van der Waals surface area contributed by atoms with Gasteiger partial charge in [-0.15, -0.1) is 0 Å². The lowest BCUT2D eigenvalue weighted by molar-refractivity contribution is 0.475. The molecule has 0 amide bonds. The zero-order chi connectivity index (χ0) is 11.0. The summed E-state index contributed by atoms with van der Waals surface area (Å²) in [6, 6.07) is 5.06. The first-order valence-electron chi connectivity index (χ1n) is 5.32. The van der Waals surface area contributed by atoms with E-state index in [0.29, 0.717) is 12.1 Å². The van der Waals surface area contributed by atoms with E-state index in [1.54, 1.807) is 0 Å². The third-order valence-corrected chi connectivity index (χ3v) is 3.71. The van der Waals surface area contributed by atoms with E-state index in [4.69, 9.17) is 11.6 Å². The Morgan fingerprint density at radius 2 is 2.20 bits per heavy atom. The zero-order valence-electron chi connectivity index (χ0n) is 8.98. The van der Waals surface area contributed by atoms with Gasteiger partial charge < -0.3 is 5.32 Å². The Labute approximate surface area is 104 Å². The average molecular weight is 289 g/mol. The van der Waals surface area contributed by atoms with Crippen LogP contribution in [0.3, 0.4) is 0 Å². The van der Waals surface area contributed by atoms with Crippen LogP contribution in [0.5, 0.6) is 0 Å². The molecule has 0 saturated heterocycles. The zero-order valence-corrected chi connectivity index (χ0v) is 11.3. The van der Waals surface area contributed by atoms with Crippen LogP contribution in [0, 0.1) is 0 Å². The highest BCUT2D eigenvalue weighted by molar-refractivity contribution is 9.10. The molecular formula is C12H15BrClN. The third kappa shape index (κ3) is 2.38. The van der Waals surface area contributed by atoms with Crippen LogP contribution >= 0.6 is 27.5 Å². The van der Waals surface area contributed by atoms with Crippen LogP contribution in [-0.4, -0.2) is 6.04 Å². The van der Waals surface area contributed by atoms with Crippen molar-refractivity contribution < 1.29 is 0 Å². The third-order valence-electron chi connectivity index (χ3n) is 2.79. The predicted molar refractivity (Wildman–Crippen MR) is 68.5 cm³/mol. The maximum atomic E-state index is 6.07. The summed E-state index contributed by atoms with van der Waals surface area (Å²) in [4.78, 5) is 0. The highest BCUT2D eigenvalue weighted by Crippen LogP contribution is 2.38. The normalized spacial score (nSPS) is 19.7. The Bertz CT molecular complexity index is 376. The van der Waals surface area contributed by atoms with Gasteiger partial charge in [-0.3, -0.25) is 0 Å². The quantitative estimate of drug-likeness (QED) is 0.864. The monoisotopic (exact) mass is 287 g/mol. The fourth-order valence-corrected chi connectivity index (χ4v) is 3.25. The molecule has 1 unspecified atom stereocenters. The second kappa shape index (κ2) is 4.44. The summed E-state index contributed by atoms with van der Waals surface area (Å²) < 4.78 is 1.15. The molecule has 15 heavy (non-hydrogen) atoms. The van der Waals surface area contributed by atoms with E-state index in [1.165, 1.54) is 17.5 Å². The van der Waals surface area contributed by atoms with Gasteiger partial charge in [-0.2, -0.15) is 0 Å². The highest BCUT2D eigenvalue weighted by Gasteiger charge is 2.24. The van der Waals surface area contributed by atoms with E-state index in [0.717, 1.165) is 15.9 Å². The lowest BCUT2D eigenvalue weighted by Gasteiger charge is -2.17. The van der Waals surface area contributed by atoms with E-state index in [-0.39, 0.29) is 0 Å². The van der Waals surface area contributed by atoms with E-state index in [1.807, 2.05) is 6.07 Å². The van der Waals surface area contributed by atoms with Crippen LogP contribution in [0.2, 0.25) is 5.02 Å². The molecule has 1 aliphatic carbocycles. The van der Waals surface area contributed by atoms with Crippen molar-refractivity contribution in [2.45, 2.75) is 38.8 Å². The lowest BCUT2D eigenvalue weighted by atomic mass is 10.1. The minimum absolute atomic E-state index is 0.468. The molecule has 0 bridgehead atoms. The van der Waals surface area contributed by atoms with Crippen molar-refractivity contribution in [3.8, 4) is 0 Å². The van der Waals surface area contributed by atoms with Crippen LogP contribution in [0.25, 0.3) is 0 Å². The fraction of sp³-hybridized carbons (Fsp3) is 0.500. The molecule has 1 aromatic rings. The number of fused-ring (bicyclic) bond motifs is 1. The first kappa shape index (κ1) is 11.4. The summed E-state index contributed by atoms with van der Waals surface area (Å²) in [6.07, 6.45) is 2.31. The van der Waals surface area contributed by atoms with Gasteiger partial charge in [-0.05, 0) is 36.1 Å². The summed E-state index contributed by atoms with van der Waals surface area (Å²) >= 11 is 9.65. The minimum atomic E-state index is 0.468. The molecule has 1 atom stereocenters. The second-order valence-electron chi connectivity index (χ2n) is 4.37. The van der Waals surface area contributed by atoms with Crippen molar-refractivity contribution in [2.75, 3.05) is 0 Å². The van der Waals surface area contributed by atoms with Gasteiger partial charge in [0, 0.05) is 21.6 Å². The number of hydrogen-bond acceptors (Lipinski definition) is 1. The van der Waals surface area contributed by atoms with E-state index >= 15 is 0 Å². The number of hydrogen-bond donors (Lipinski definition) is 1. The van der Waals surface area contributed by atoms with E-state index in [9.17, 15) is 0 Å². The van der Waals surface area contributed by atoms with Crippen molar-refractivity contribution in [3.05, 3.63) is 32.8 Å². The highest BCUT2D eigenvalue weighted by atomic mass is 79.9. The lowest BCUT2D eigenvalue weighted by Crippen LogP contribution is -2.26. The molecule has 0 saturated carbocycles. The van der Waals surface area contributed by atoms with Gasteiger partial charge in [0.05, 0.1) is 0 Å². The topological polar surface area (TPSA) is 12.0 Å². The summed E-state index contributed by atoms with van der Waals surface area (Å²) in [5.41, 5.74) is 2.78. The first-order chi connectivity index (χ1) is 7.08. The van der Waals surface area contributed by atoms with Crippen LogP contribution in [-0.2, 0) is 6.42 Å².